The molecule has 0 spiro atoms. The van der Waals surface area contributed by atoms with Gasteiger partial charge in [0.15, 0.2) is 0 Å². The molecule has 1 fully saturated rings. The molecule has 1 unspecified atom stereocenters. The van der Waals surface area contributed by atoms with Crippen LogP contribution in [0.1, 0.15) is 19.3 Å². The molecule has 0 aromatic carbocycles. The van der Waals surface area contributed by atoms with Crippen LogP contribution in [0.4, 0.5) is 0 Å². The molecule has 1 saturated heterocycles. The summed E-state index contributed by atoms with van der Waals surface area (Å²) in [6.45, 7) is 1.11. The molecule has 1 aliphatic rings. The fraction of sp³-hybridized carbons (Fsp3) is 0.857. The molecule has 0 bridgehead atoms. The molecule has 1 atom stereocenters. The lowest BCUT2D eigenvalue weighted by molar-refractivity contribution is 0.213. The van der Waals surface area contributed by atoms with Gasteiger partial charge in [-0.25, -0.2) is 0 Å². The average Bonchev–Trinajstić information content (AvgIpc) is 2.03. The first kappa shape index (κ1) is 7.54. The molecule has 0 saturated carbocycles. The Morgan fingerprint density at radius 2 is 2.50 bits per heavy atom. The molecular weight excluding hydrogens is 128 g/mol. The summed E-state index contributed by atoms with van der Waals surface area (Å²) in [5.74, 6) is 0. The molecule has 1 rings (SSSR count). The van der Waals surface area contributed by atoms with Crippen molar-refractivity contribution in [2.45, 2.75) is 25.3 Å². The smallest absolute Gasteiger partial charge is 0.106 e. The minimum atomic E-state index is 0.439. The van der Waals surface area contributed by atoms with Crippen LogP contribution in [0.5, 0.6) is 0 Å². The fourth-order valence-electron chi connectivity index (χ4n) is 1.14. The fourth-order valence-corrected chi connectivity index (χ4v) is 1.14. The number of hydrogen-bond acceptors (Lipinski definition) is 3. The van der Waals surface area contributed by atoms with E-state index in [9.17, 15) is 0 Å². The summed E-state index contributed by atoms with van der Waals surface area (Å²) in [6, 6.07) is 0.439. The van der Waals surface area contributed by atoms with Gasteiger partial charge in [0.2, 0.25) is 0 Å². The summed E-state index contributed by atoms with van der Waals surface area (Å²) in [4.78, 5) is 4.57. The molecule has 3 nitrogen and oxygen atoms in total. The van der Waals surface area contributed by atoms with Crippen LogP contribution in [0.15, 0.2) is 5.16 Å². The molecule has 0 radical (unpaired) electrons. The molecular formula is C7H14N2O. The van der Waals surface area contributed by atoms with Gasteiger partial charge in [-0.15, -0.1) is 0 Å². The zero-order chi connectivity index (χ0) is 7.23. The van der Waals surface area contributed by atoms with Crippen molar-refractivity contribution >= 4 is 6.21 Å². The summed E-state index contributed by atoms with van der Waals surface area (Å²) in [5.41, 5.74) is 0. The van der Waals surface area contributed by atoms with Crippen molar-refractivity contribution < 1.29 is 4.84 Å². The van der Waals surface area contributed by atoms with Crippen molar-refractivity contribution in [1.29, 1.82) is 0 Å². The second-order valence-electron chi connectivity index (χ2n) is 2.49. The maximum atomic E-state index is 4.57. The second kappa shape index (κ2) is 4.28. The number of nitrogens with one attached hydrogen (secondary N) is 1. The van der Waals surface area contributed by atoms with E-state index < -0.39 is 0 Å². The summed E-state index contributed by atoms with van der Waals surface area (Å²) >= 11 is 0. The molecule has 0 amide bonds. The van der Waals surface area contributed by atoms with Gasteiger partial charge in [0.1, 0.15) is 7.11 Å². The Morgan fingerprint density at radius 1 is 1.60 bits per heavy atom. The third-order valence-corrected chi connectivity index (χ3v) is 1.69. The minimum absolute atomic E-state index is 0.439. The van der Waals surface area contributed by atoms with Crippen molar-refractivity contribution in [1.82, 2.24) is 5.32 Å². The summed E-state index contributed by atoms with van der Waals surface area (Å²) in [7, 11) is 1.57. The van der Waals surface area contributed by atoms with Gasteiger partial charge in [0.05, 0.1) is 6.21 Å². The highest BCUT2D eigenvalue weighted by molar-refractivity contribution is 5.63. The summed E-state index contributed by atoms with van der Waals surface area (Å²) in [6.07, 6.45) is 5.61. The zero-order valence-electron chi connectivity index (χ0n) is 6.34. The molecule has 0 aliphatic carbocycles. The van der Waals surface area contributed by atoms with Crippen LogP contribution in [-0.4, -0.2) is 25.9 Å². The van der Waals surface area contributed by atoms with Crippen molar-refractivity contribution in [3.63, 3.8) is 0 Å². The molecule has 1 heterocycles. The van der Waals surface area contributed by atoms with E-state index in [1.807, 2.05) is 6.21 Å². The van der Waals surface area contributed by atoms with E-state index in [1.165, 1.54) is 19.3 Å². The van der Waals surface area contributed by atoms with Gasteiger partial charge in [-0.1, -0.05) is 11.6 Å². The average molecular weight is 142 g/mol. The van der Waals surface area contributed by atoms with E-state index in [0.717, 1.165) is 6.54 Å². The van der Waals surface area contributed by atoms with Crippen LogP contribution in [0.3, 0.4) is 0 Å². The minimum Gasteiger partial charge on any atom is -0.399 e. The lowest BCUT2D eigenvalue weighted by Gasteiger charge is -2.18. The molecule has 1 N–H and O–H groups in total. The Labute approximate surface area is 61.4 Å². The van der Waals surface area contributed by atoms with Crippen LogP contribution < -0.4 is 5.32 Å². The topological polar surface area (TPSA) is 33.6 Å². The number of nitrogens with zero attached hydrogens (tertiary/aromatic N) is 1. The van der Waals surface area contributed by atoms with Gasteiger partial charge in [-0.05, 0) is 19.4 Å². The number of rotatable bonds is 2. The molecule has 0 aromatic rings. The Morgan fingerprint density at radius 3 is 3.10 bits per heavy atom. The predicted molar refractivity (Wildman–Crippen MR) is 41.1 cm³/mol. The maximum Gasteiger partial charge on any atom is 0.106 e. The second-order valence-corrected chi connectivity index (χ2v) is 2.49. The molecule has 3 heteroatoms. The third-order valence-electron chi connectivity index (χ3n) is 1.69. The lowest BCUT2D eigenvalue weighted by Crippen LogP contribution is -2.35. The van der Waals surface area contributed by atoms with E-state index in [0.29, 0.717) is 6.04 Å². The summed E-state index contributed by atoms with van der Waals surface area (Å²) in [5, 5.41) is 7.03. The number of piperidine rings is 1. The van der Waals surface area contributed by atoms with Gasteiger partial charge in [-0.3, -0.25) is 0 Å². The number of hydrogen-bond donors (Lipinski definition) is 1. The summed E-state index contributed by atoms with van der Waals surface area (Å²) < 4.78 is 0. The van der Waals surface area contributed by atoms with Crippen molar-refractivity contribution in [2.24, 2.45) is 5.16 Å². The Bertz CT molecular complexity index is 108. The Hall–Kier alpha value is -0.570. The maximum absolute atomic E-state index is 4.57. The molecule has 10 heavy (non-hydrogen) atoms. The van der Waals surface area contributed by atoms with Gasteiger partial charge in [0.25, 0.3) is 0 Å². The first-order valence-electron chi connectivity index (χ1n) is 3.73. The Balaban J connectivity index is 2.19. The van der Waals surface area contributed by atoms with Crippen LogP contribution in [-0.2, 0) is 4.84 Å². The van der Waals surface area contributed by atoms with Crippen LogP contribution in [0, 0.1) is 0 Å². The van der Waals surface area contributed by atoms with Crippen LogP contribution in [0.25, 0.3) is 0 Å². The molecule has 0 aromatic heterocycles. The van der Waals surface area contributed by atoms with E-state index in [1.54, 1.807) is 7.11 Å². The molecule has 1 aliphatic heterocycles. The third kappa shape index (κ3) is 2.35. The number of oxime groups is 1. The first-order valence-corrected chi connectivity index (χ1v) is 3.73. The largest absolute Gasteiger partial charge is 0.399 e. The SMILES string of the molecule is CO/N=C\C1CCCCN1. The standard InChI is InChI=1S/C7H14N2O/c1-10-9-6-7-4-2-3-5-8-7/h6-8H,2-5H2,1H3/b9-6-. The van der Waals surface area contributed by atoms with Gasteiger partial charge in [0, 0.05) is 6.04 Å². The quantitative estimate of drug-likeness (QED) is 0.456. The van der Waals surface area contributed by atoms with Crippen LogP contribution >= 0.6 is 0 Å². The lowest BCUT2D eigenvalue weighted by atomic mass is 10.1. The highest BCUT2D eigenvalue weighted by Gasteiger charge is 2.08. The van der Waals surface area contributed by atoms with Crippen LogP contribution in [0.2, 0.25) is 0 Å². The normalized spacial score (nSPS) is 27.1. The zero-order valence-corrected chi connectivity index (χ0v) is 6.34. The highest BCUT2D eigenvalue weighted by atomic mass is 16.6. The van der Waals surface area contributed by atoms with Crippen molar-refractivity contribution in [3.05, 3.63) is 0 Å². The van der Waals surface area contributed by atoms with Crippen molar-refractivity contribution in [3.8, 4) is 0 Å². The van der Waals surface area contributed by atoms with Gasteiger partial charge in [-0.2, -0.15) is 0 Å². The van der Waals surface area contributed by atoms with E-state index in [-0.39, 0.29) is 0 Å². The molecule has 58 valence electrons. The van der Waals surface area contributed by atoms with E-state index in [4.69, 9.17) is 0 Å². The Kier molecular flexibility index (Phi) is 3.22. The first-order chi connectivity index (χ1) is 4.93. The monoisotopic (exact) mass is 142 g/mol. The van der Waals surface area contributed by atoms with Gasteiger partial charge >= 0.3 is 0 Å². The van der Waals surface area contributed by atoms with E-state index in [2.05, 4.69) is 15.3 Å². The van der Waals surface area contributed by atoms with Crippen molar-refractivity contribution in [2.75, 3.05) is 13.7 Å². The highest BCUT2D eigenvalue weighted by Crippen LogP contribution is 2.04. The van der Waals surface area contributed by atoms with Gasteiger partial charge < -0.3 is 10.2 Å². The van der Waals surface area contributed by atoms with E-state index >= 15 is 0 Å². The predicted octanol–water partition coefficient (Wildman–Crippen LogP) is 0.761.